The van der Waals surface area contributed by atoms with E-state index in [4.69, 9.17) is 0 Å². The molecule has 0 unspecified atom stereocenters. The zero-order valence-electron chi connectivity index (χ0n) is 7.93. The molecule has 0 saturated carbocycles. The molecule has 0 aliphatic carbocycles. The summed E-state index contributed by atoms with van der Waals surface area (Å²) < 4.78 is 0. The van der Waals surface area contributed by atoms with Gasteiger partial charge in [-0.15, -0.1) is 0 Å². The maximum Gasteiger partial charge on any atom is 0.0836 e. The van der Waals surface area contributed by atoms with E-state index in [1.807, 2.05) is 0 Å². The van der Waals surface area contributed by atoms with Crippen molar-refractivity contribution in [3.8, 4) is 0 Å². The summed E-state index contributed by atoms with van der Waals surface area (Å²) in [5.74, 6) is 0. The van der Waals surface area contributed by atoms with E-state index in [1.54, 1.807) is 5.19 Å². The van der Waals surface area contributed by atoms with E-state index in [2.05, 4.69) is 37.7 Å². The van der Waals surface area contributed by atoms with E-state index in [9.17, 15) is 0 Å². The number of hydrogen-bond donors (Lipinski definition) is 0. The Balaban J connectivity index is 2.28. The zero-order valence-corrected chi connectivity index (χ0v) is 8.93. The highest BCUT2D eigenvalue weighted by atomic mass is 28.3. The molecule has 0 spiro atoms. The minimum atomic E-state index is -0.896. The summed E-state index contributed by atoms with van der Waals surface area (Å²) in [5, 5.41) is 1.67. The Kier molecular flexibility index (Phi) is 1.84. The summed E-state index contributed by atoms with van der Waals surface area (Å²) in [5.41, 5.74) is 1.38. The first-order valence-electron chi connectivity index (χ1n) is 4.78. The predicted octanol–water partition coefficient (Wildman–Crippen LogP) is 2.68. The van der Waals surface area contributed by atoms with Crippen LogP contribution in [0.15, 0.2) is 24.3 Å². The van der Waals surface area contributed by atoms with Crippen LogP contribution in [-0.4, -0.2) is 8.07 Å². The Morgan fingerprint density at radius 3 is 2.08 bits per heavy atom. The number of benzene rings is 1. The lowest BCUT2D eigenvalue weighted by molar-refractivity contribution is 0.917. The van der Waals surface area contributed by atoms with Crippen molar-refractivity contribution < 1.29 is 0 Å². The standard InChI is InChI=1S/C11H16Si/c1-10-4-6-11(7-5-10)12(2)8-3-9-12/h4-7H,3,8-9H2,1-2H3. The molecule has 0 radical (unpaired) electrons. The number of rotatable bonds is 1. The summed E-state index contributed by atoms with van der Waals surface area (Å²) in [6.07, 6.45) is 1.47. The van der Waals surface area contributed by atoms with Gasteiger partial charge in [0.05, 0.1) is 8.07 Å². The molecule has 0 amide bonds. The molecule has 1 saturated heterocycles. The van der Waals surface area contributed by atoms with E-state index < -0.39 is 8.07 Å². The fourth-order valence-corrected chi connectivity index (χ4v) is 4.91. The molecule has 1 heterocycles. The molecule has 2 rings (SSSR count). The van der Waals surface area contributed by atoms with Gasteiger partial charge in [-0.25, -0.2) is 0 Å². The maximum atomic E-state index is 2.52. The highest BCUT2D eigenvalue weighted by molar-refractivity contribution is 6.92. The molecule has 0 nitrogen and oxygen atoms in total. The molecule has 1 aromatic carbocycles. The monoisotopic (exact) mass is 176 g/mol. The molecule has 12 heavy (non-hydrogen) atoms. The van der Waals surface area contributed by atoms with Gasteiger partial charge in [0, 0.05) is 0 Å². The highest BCUT2D eigenvalue weighted by Crippen LogP contribution is 2.31. The van der Waals surface area contributed by atoms with Crippen LogP contribution in [0.4, 0.5) is 0 Å². The smallest absolute Gasteiger partial charge is 0.0652 e. The highest BCUT2D eigenvalue weighted by Gasteiger charge is 2.35. The minimum Gasteiger partial charge on any atom is -0.0652 e. The van der Waals surface area contributed by atoms with Crippen LogP contribution in [0.1, 0.15) is 12.0 Å². The third-order valence-electron chi connectivity index (χ3n) is 3.21. The van der Waals surface area contributed by atoms with Crippen LogP contribution in [0.25, 0.3) is 0 Å². The summed E-state index contributed by atoms with van der Waals surface area (Å²) >= 11 is 0. The summed E-state index contributed by atoms with van der Waals surface area (Å²) in [6.45, 7) is 4.68. The first-order valence-corrected chi connectivity index (χ1v) is 7.69. The molecule has 1 fully saturated rings. The molecule has 1 aliphatic heterocycles. The summed E-state index contributed by atoms with van der Waals surface area (Å²) in [4.78, 5) is 0. The Bertz CT molecular complexity index is 270. The summed E-state index contributed by atoms with van der Waals surface area (Å²) in [7, 11) is -0.896. The van der Waals surface area contributed by atoms with Crippen molar-refractivity contribution in [2.24, 2.45) is 0 Å². The molecular weight excluding hydrogens is 160 g/mol. The van der Waals surface area contributed by atoms with Gasteiger partial charge in [0.2, 0.25) is 0 Å². The van der Waals surface area contributed by atoms with Gasteiger partial charge in [-0.2, -0.15) is 0 Å². The average molecular weight is 176 g/mol. The first-order chi connectivity index (χ1) is 5.71. The third-order valence-corrected chi connectivity index (χ3v) is 7.85. The topological polar surface area (TPSA) is 0 Å². The minimum absolute atomic E-state index is 0.896. The van der Waals surface area contributed by atoms with Gasteiger partial charge in [0.25, 0.3) is 0 Å². The van der Waals surface area contributed by atoms with E-state index in [-0.39, 0.29) is 0 Å². The SMILES string of the molecule is Cc1ccc([Si]2(C)CCC2)cc1. The van der Waals surface area contributed by atoms with Crippen molar-refractivity contribution in [1.29, 1.82) is 0 Å². The van der Waals surface area contributed by atoms with Crippen LogP contribution >= 0.6 is 0 Å². The Morgan fingerprint density at radius 2 is 1.67 bits per heavy atom. The number of aryl methyl sites for hydroxylation is 1. The van der Waals surface area contributed by atoms with Gasteiger partial charge in [-0.3, -0.25) is 0 Å². The quantitative estimate of drug-likeness (QED) is 0.577. The largest absolute Gasteiger partial charge is 0.0836 e. The molecule has 1 aromatic rings. The van der Waals surface area contributed by atoms with Gasteiger partial charge in [0.15, 0.2) is 0 Å². The van der Waals surface area contributed by atoms with E-state index in [0.29, 0.717) is 0 Å². The third kappa shape index (κ3) is 1.22. The fraction of sp³-hybridized carbons (Fsp3) is 0.455. The molecule has 64 valence electrons. The second-order valence-corrected chi connectivity index (χ2v) is 8.98. The Labute approximate surface area is 75.6 Å². The lowest BCUT2D eigenvalue weighted by Crippen LogP contribution is -2.50. The molecule has 0 bridgehead atoms. The molecule has 0 N–H and O–H groups in total. The van der Waals surface area contributed by atoms with Gasteiger partial charge in [-0.1, -0.05) is 60.1 Å². The lowest BCUT2D eigenvalue weighted by Gasteiger charge is -2.36. The van der Waals surface area contributed by atoms with Crippen molar-refractivity contribution in [3.63, 3.8) is 0 Å². The van der Waals surface area contributed by atoms with Crippen LogP contribution < -0.4 is 5.19 Å². The lowest BCUT2D eigenvalue weighted by atomic mass is 10.2. The Hall–Kier alpha value is -0.563. The molecule has 0 aromatic heterocycles. The zero-order chi connectivity index (χ0) is 8.60. The predicted molar refractivity (Wildman–Crippen MR) is 56.7 cm³/mol. The van der Waals surface area contributed by atoms with Gasteiger partial charge >= 0.3 is 0 Å². The van der Waals surface area contributed by atoms with Gasteiger partial charge < -0.3 is 0 Å². The van der Waals surface area contributed by atoms with E-state index in [1.165, 1.54) is 24.1 Å². The van der Waals surface area contributed by atoms with Crippen molar-refractivity contribution in [2.45, 2.75) is 32.0 Å². The number of hydrogen-bond acceptors (Lipinski definition) is 0. The van der Waals surface area contributed by atoms with Crippen LogP contribution in [0.2, 0.25) is 18.6 Å². The second-order valence-electron chi connectivity index (χ2n) is 4.28. The van der Waals surface area contributed by atoms with Gasteiger partial charge in [-0.05, 0) is 6.92 Å². The van der Waals surface area contributed by atoms with Crippen molar-refractivity contribution in [1.82, 2.24) is 0 Å². The van der Waals surface area contributed by atoms with Crippen molar-refractivity contribution >= 4 is 13.3 Å². The normalized spacial score (nSPS) is 20.2. The van der Waals surface area contributed by atoms with Crippen LogP contribution in [0.3, 0.4) is 0 Å². The van der Waals surface area contributed by atoms with E-state index >= 15 is 0 Å². The molecular formula is C11H16Si. The Morgan fingerprint density at radius 1 is 1.08 bits per heavy atom. The van der Waals surface area contributed by atoms with Crippen LogP contribution in [0, 0.1) is 6.92 Å². The van der Waals surface area contributed by atoms with Crippen molar-refractivity contribution in [2.75, 3.05) is 0 Å². The second kappa shape index (κ2) is 2.73. The average Bonchev–Trinajstić information content (AvgIpc) is 2.02. The van der Waals surface area contributed by atoms with Crippen LogP contribution in [-0.2, 0) is 0 Å². The van der Waals surface area contributed by atoms with Crippen LogP contribution in [0.5, 0.6) is 0 Å². The summed E-state index contributed by atoms with van der Waals surface area (Å²) in [6, 6.07) is 12.2. The molecule has 0 atom stereocenters. The molecule has 1 heteroatoms. The van der Waals surface area contributed by atoms with Gasteiger partial charge in [0.1, 0.15) is 0 Å². The maximum absolute atomic E-state index is 2.52. The molecule has 1 aliphatic rings. The van der Waals surface area contributed by atoms with E-state index in [0.717, 1.165) is 0 Å². The first kappa shape index (κ1) is 8.05. The fourth-order valence-electron chi connectivity index (χ4n) is 1.95. The van der Waals surface area contributed by atoms with Crippen molar-refractivity contribution in [3.05, 3.63) is 29.8 Å².